The third-order valence-electron chi connectivity index (χ3n) is 3.83. The second-order valence-electron chi connectivity index (χ2n) is 5.72. The summed E-state index contributed by atoms with van der Waals surface area (Å²) < 4.78 is 26.5. The number of nitrogens with zero attached hydrogens (tertiary/aromatic N) is 3. The van der Waals surface area contributed by atoms with E-state index in [0.717, 1.165) is 11.3 Å². The third kappa shape index (κ3) is 2.70. The number of aromatic nitrogens is 3. The molecule has 2 heterocycles. The summed E-state index contributed by atoms with van der Waals surface area (Å²) >= 11 is 0. The van der Waals surface area contributed by atoms with Gasteiger partial charge in [0, 0.05) is 37.0 Å². The van der Waals surface area contributed by atoms with Crippen LogP contribution < -0.4 is 5.32 Å². The van der Waals surface area contributed by atoms with Crippen LogP contribution in [0.1, 0.15) is 19.2 Å². The van der Waals surface area contributed by atoms with E-state index in [1.165, 1.54) is 0 Å². The molecule has 0 saturated heterocycles. The Morgan fingerprint density at radius 1 is 1.33 bits per heavy atom. The topological polar surface area (TPSA) is 50.7 Å². The maximum Gasteiger partial charge on any atom is 0.256 e. The number of hydrogen-bond donors (Lipinski definition) is 1. The molecule has 0 amide bonds. The van der Waals surface area contributed by atoms with Crippen molar-refractivity contribution in [3.63, 3.8) is 0 Å². The number of anilines is 1. The molecule has 3 rings (SSSR count). The fourth-order valence-electron chi connectivity index (χ4n) is 2.24. The van der Waals surface area contributed by atoms with Gasteiger partial charge in [-0.2, -0.15) is 0 Å². The van der Waals surface area contributed by atoms with Gasteiger partial charge in [-0.25, -0.2) is 18.7 Å². The molecular weight excluding hydrogens is 274 g/mol. The molecule has 6 heteroatoms. The predicted molar refractivity (Wildman–Crippen MR) is 76.2 cm³/mol. The Morgan fingerprint density at radius 2 is 2.10 bits per heavy atom. The van der Waals surface area contributed by atoms with Gasteiger partial charge in [0.1, 0.15) is 11.6 Å². The summed E-state index contributed by atoms with van der Waals surface area (Å²) in [5.41, 5.74) is 0.625. The van der Waals surface area contributed by atoms with E-state index in [9.17, 15) is 8.78 Å². The molecule has 0 bridgehead atoms. The highest BCUT2D eigenvalue weighted by atomic mass is 19.3. The van der Waals surface area contributed by atoms with Gasteiger partial charge < -0.3 is 5.32 Å². The van der Waals surface area contributed by atoms with Crippen LogP contribution in [0, 0.1) is 12.3 Å². The standard InChI is InChI=1S/C15H16F2N4/c1-10-20-12(11-4-3-5-18-7-11)6-13(21-10)19-9-14(2)8-15(14,16)17/h3-7H,8-9H2,1-2H3,(H,19,20,21). The quantitative estimate of drug-likeness (QED) is 0.938. The van der Waals surface area contributed by atoms with Gasteiger partial charge in [-0.1, -0.05) is 6.92 Å². The summed E-state index contributed by atoms with van der Waals surface area (Å²) in [6.45, 7) is 3.55. The van der Waals surface area contributed by atoms with Crippen LogP contribution in [0.2, 0.25) is 0 Å². The van der Waals surface area contributed by atoms with Crippen molar-refractivity contribution in [2.75, 3.05) is 11.9 Å². The maximum atomic E-state index is 13.2. The lowest BCUT2D eigenvalue weighted by Gasteiger charge is -2.13. The Morgan fingerprint density at radius 3 is 2.71 bits per heavy atom. The van der Waals surface area contributed by atoms with E-state index in [0.29, 0.717) is 11.6 Å². The summed E-state index contributed by atoms with van der Waals surface area (Å²) in [7, 11) is 0. The van der Waals surface area contributed by atoms with E-state index in [2.05, 4.69) is 20.3 Å². The normalized spacial score (nSPS) is 22.9. The Hall–Kier alpha value is -2.11. The van der Waals surface area contributed by atoms with E-state index < -0.39 is 11.3 Å². The van der Waals surface area contributed by atoms with E-state index >= 15 is 0 Å². The molecule has 1 unspecified atom stereocenters. The average molecular weight is 290 g/mol. The van der Waals surface area contributed by atoms with Crippen LogP contribution in [0.4, 0.5) is 14.6 Å². The molecule has 1 aliphatic rings. The number of halogens is 2. The second-order valence-corrected chi connectivity index (χ2v) is 5.72. The van der Waals surface area contributed by atoms with Crippen LogP contribution in [0.5, 0.6) is 0 Å². The monoisotopic (exact) mass is 290 g/mol. The van der Waals surface area contributed by atoms with Crippen LogP contribution >= 0.6 is 0 Å². The predicted octanol–water partition coefficient (Wildman–Crippen LogP) is 3.30. The lowest BCUT2D eigenvalue weighted by atomic mass is 10.1. The van der Waals surface area contributed by atoms with E-state index in [1.54, 1.807) is 32.3 Å². The SMILES string of the molecule is Cc1nc(NCC2(C)CC2(F)F)cc(-c2cccnc2)n1. The number of pyridine rings is 1. The number of alkyl halides is 2. The van der Waals surface area contributed by atoms with E-state index in [4.69, 9.17) is 0 Å². The summed E-state index contributed by atoms with van der Waals surface area (Å²) in [5, 5.41) is 3.00. The Kier molecular flexibility index (Phi) is 3.11. The molecule has 110 valence electrons. The smallest absolute Gasteiger partial charge is 0.256 e. The molecule has 0 aliphatic heterocycles. The zero-order valence-corrected chi connectivity index (χ0v) is 11.9. The Balaban J connectivity index is 1.79. The van der Waals surface area contributed by atoms with Crippen molar-refractivity contribution < 1.29 is 8.78 Å². The number of aryl methyl sites for hydroxylation is 1. The largest absolute Gasteiger partial charge is 0.369 e. The average Bonchev–Trinajstić information content (AvgIpc) is 2.96. The highest BCUT2D eigenvalue weighted by Gasteiger charge is 2.67. The van der Waals surface area contributed by atoms with Gasteiger partial charge in [0.25, 0.3) is 5.92 Å². The highest BCUT2D eigenvalue weighted by Crippen LogP contribution is 2.59. The highest BCUT2D eigenvalue weighted by molar-refractivity contribution is 5.61. The van der Waals surface area contributed by atoms with E-state index in [-0.39, 0.29) is 13.0 Å². The van der Waals surface area contributed by atoms with Crippen molar-refractivity contribution in [2.24, 2.45) is 5.41 Å². The molecule has 1 N–H and O–H groups in total. The zero-order chi connectivity index (χ0) is 15.1. The molecule has 1 atom stereocenters. The molecule has 0 aromatic carbocycles. The molecule has 21 heavy (non-hydrogen) atoms. The fourth-order valence-corrected chi connectivity index (χ4v) is 2.24. The second kappa shape index (κ2) is 4.72. The molecule has 2 aromatic rings. The molecule has 0 radical (unpaired) electrons. The summed E-state index contributed by atoms with van der Waals surface area (Å²) in [5.74, 6) is -1.43. The van der Waals surface area contributed by atoms with Gasteiger partial charge in [0.2, 0.25) is 0 Å². The minimum absolute atomic E-state index is 0.0769. The van der Waals surface area contributed by atoms with Crippen molar-refractivity contribution in [2.45, 2.75) is 26.2 Å². The first kappa shape index (κ1) is 13.9. The summed E-state index contributed by atoms with van der Waals surface area (Å²) in [6.07, 6.45) is 3.32. The Bertz CT molecular complexity index is 660. The molecule has 0 spiro atoms. The number of nitrogens with one attached hydrogen (secondary N) is 1. The maximum absolute atomic E-state index is 13.2. The van der Waals surface area contributed by atoms with Crippen LogP contribution in [-0.2, 0) is 0 Å². The molecular formula is C15H16F2N4. The summed E-state index contributed by atoms with van der Waals surface area (Å²) in [6, 6.07) is 5.48. The minimum atomic E-state index is -2.58. The van der Waals surface area contributed by atoms with Gasteiger partial charge in [-0.15, -0.1) is 0 Å². The van der Waals surface area contributed by atoms with Crippen LogP contribution in [0.25, 0.3) is 11.3 Å². The van der Waals surface area contributed by atoms with Crippen LogP contribution in [0.3, 0.4) is 0 Å². The van der Waals surface area contributed by atoms with Crippen molar-refractivity contribution in [1.82, 2.24) is 15.0 Å². The first-order valence-electron chi connectivity index (χ1n) is 6.77. The van der Waals surface area contributed by atoms with Crippen molar-refractivity contribution >= 4 is 5.82 Å². The number of hydrogen-bond acceptors (Lipinski definition) is 4. The van der Waals surface area contributed by atoms with Crippen molar-refractivity contribution in [3.05, 3.63) is 36.4 Å². The van der Waals surface area contributed by atoms with Gasteiger partial charge >= 0.3 is 0 Å². The molecule has 1 fully saturated rings. The van der Waals surface area contributed by atoms with Crippen LogP contribution in [0.15, 0.2) is 30.6 Å². The van der Waals surface area contributed by atoms with E-state index in [1.807, 2.05) is 12.1 Å². The molecule has 1 saturated carbocycles. The molecule has 4 nitrogen and oxygen atoms in total. The Labute approximate surface area is 121 Å². The van der Waals surface area contributed by atoms with Crippen LogP contribution in [-0.4, -0.2) is 27.4 Å². The first-order chi connectivity index (χ1) is 9.90. The van der Waals surface area contributed by atoms with Gasteiger partial charge in [0.15, 0.2) is 0 Å². The zero-order valence-electron chi connectivity index (χ0n) is 11.9. The molecule has 1 aliphatic carbocycles. The number of rotatable bonds is 4. The van der Waals surface area contributed by atoms with Gasteiger partial charge in [0.05, 0.1) is 11.1 Å². The minimum Gasteiger partial charge on any atom is -0.369 e. The molecule has 2 aromatic heterocycles. The fraction of sp³-hybridized carbons (Fsp3) is 0.400. The first-order valence-corrected chi connectivity index (χ1v) is 6.77. The van der Waals surface area contributed by atoms with Crippen molar-refractivity contribution in [1.29, 1.82) is 0 Å². The lowest BCUT2D eigenvalue weighted by Crippen LogP contribution is -2.19. The lowest BCUT2D eigenvalue weighted by molar-refractivity contribution is 0.0742. The third-order valence-corrected chi connectivity index (χ3v) is 3.83. The van der Waals surface area contributed by atoms with Crippen molar-refractivity contribution in [3.8, 4) is 11.3 Å². The summed E-state index contributed by atoms with van der Waals surface area (Å²) in [4.78, 5) is 12.7. The van der Waals surface area contributed by atoms with Gasteiger partial charge in [-0.05, 0) is 19.1 Å². The van der Waals surface area contributed by atoms with Gasteiger partial charge in [-0.3, -0.25) is 4.98 Å².